The highest BCUT2D eigenvalue weighted by Crippen LogP contribution is 2.30. The second-order valence-corrected chi connectivity index (χ2v) is 5.53. The first kappa shape index (κ1) is 12.5. The molecule has 0 heterocycles. The summed E-state index contributed by atoms with van der Waals surface area (Å²) in [4.78, 5) is 1.01. The summed E-state index contributed by atoms with van der Waals surface area (Å²) in [6, 6.07) is 12.4. The molecular formula is C13H11BrFNS. The lowest BCUT2D eigenvalue weighted by molar-refractivity contribution is 0.626. The van der Waals surface area contributed by atoms with Crippen LogP contribution in [0, 0.1) is 5.82 Å². The zero-order chi connectivity index (χ0) is 12.3. The van der Waals surface area contributed by atoms with Crippen LogP contribution in [0.4, 0.5) is 10.1 Å². The van der Waals surface area contributed by atoms with Crippen molar-refractivity contribution in [3.63, 3.8) is 0 Å². The molecule has 0 amide bonds. The maximum Gasteiger partial charge on any atom is 0.123 e. The molecule has 0 saturated heterocycles. The van der Waals surface area contributed by atoms with Crippen molar-refractivity contribution in [2.75, 3.05) is 5.73 Å². The van der Waals surface area contributed by atoms with Gasteiger partial charge in [0.1, 0.15) is 5.82 Å². The van der Waals surface area contributed by atoms with Gasteiger partial charge in [-0.05, 0) is 35.9 Å². The lowest BCUT2D eigenvalue weighted by Crippen LogP contribution is -1.89. The quantitative estimate of drug-likeness (QED) is 0.669. The van der Waals surface area contributed by atoms with Gasteiger partial charge in [-0.1, -0.05) is 28.1 Å². The summed E-state index contributed by atoms with van der Waals surface area (Å²) in [7, 11) is 0. The standard InChI is InChI=1S/C13H11BrFNS/c14-10-4-5-13(12(16)7-10)17-8-9-2-1-3-11(15)6-9/h1-7H,8,16H2. The highest BCUT2D eigenvalue weighted by Gasteiger charge is 2.02. The van der Waals surface area contributed by atoms with Crippen LogP contribution in [0.15, 0.2) is 51.8 Å². The van der Waals surface area contributed by atoms with Gasteiger partial charge in [-0.25, -0.2) is 4.39 Å². The lowest BCUT2D eigenvalue weighted by atomic mass is 10.2. The van der Waals surface area contributed by atoms with Crippen molar-refractivity contribution in [3.8, 4) is 0 Å². The van der Waals surface area contributed by atoms with E-state index in [0.29, 0.717) is 5.75 Å². The van der Waals surface area contributed by atoms with Gasteiger partial charge in [0, 0.05) is 20.8 Å². The van der Waals surface area contributed by atoms with Crippen molar-refractivity contribution < 1.29 is 4.39 Å². The molecule has 0 saturated carbocycles. The molecule has 0 aromatic heterocycles. The molecule has 2 aromatic carbocycles. The number of nitrogen functional groups attached to an aromatic ring is 1. The number of thioether (sulfide) groups is 1. The number of anilines is 1. The smallest absolute Gasteiger partial charge is 0.123 e. The van der Waals surface area contributed by atoms with Crippen LogP contribution >= 0.6 is 27.7 Å². The summed E-state index contributed by atoms with van der Waals surface area (Å²) in [5, 5.41) is 0. The second kappa shape index (κ2) is 5.56. The third-order valence-electron chi connectivity index (χ3n) is 2.26. The normalized spacial score (nSPS) is 10.5. The molecule has 4 heteroatoms. The van der Waals surface area contributed by atoms with Gasteiger partial charge in [-0.3, -0.25) is 0 Å². The van der Waals surface area contributed by atoms with Gasteiger partial charge >= 0.3 is 0 Å². The summed E-state index contributed by atoms with van der Waals surface area (Å²) < 4.78 is 13.9. The van der Waals surface area contributed by atoms with Crippen LogP contribution in [0.1, 0.15) is 5.56 Å². The average Bonchev–Trinajstić information content (AvgIpc) is 2.28. The van der Waals surface area contributed by atoms with E-state index in [1.165, 1.54) is 6.07 Å². The molecular weight excluding hydrogens is 301 g/mol. The predicted molar refractivity (Wildman–Crippen MR) is 74.5 cm³/mol. The van der Waals surface area contributed by atoms with Gasteiger partial charge in [0.2, 0.25) is 0 Å². The zero-order valence-electron chi connectivity index (χ0n) is 8.99. The SMILES string of the molecule is Nc1cc(Br)ccc1SCc1cccc(F)c1. The van der Waals surface area contributed by atoms with Crippen LogP contribution in [0.3, 0.4) is 0 Å². The minimum Gasteiger partial charge on any atom is -0.398 e. The molecule has 88 valence electrons. The van der Waals surface area contributed by atoms with Crippen molar-refractivity contribution in [2.24, 2.45) is 0 Å². The molecule has 0 aliphatic carbocycles. The molecule has 0 radical (unpaired) electrons. The fourth-order valence-electron chi connectivity index (χ4n) is 1.44. The number of hydrogen-bond donors (Lipinski definition) is 1. The first-order valence-electron chi connectivity index (χ1n) is 5.07. The fraction of sp³-hybridized carbons (Fsp3) is 0.0769. The van der Waals surface area contributed by atoms with Crippen LogP contribution in [0.25, 0.3) is 0 Å². The molecule has 0 aliphatic heterocycles. The minimum atomic E-state index is -0.202. The van der Waals surface area contributed by atoms with E-state index in [-0.39, 0.29) is 5.82 Å². The second-order valence-electron chi connectivity index (χ2n) is 3.60. The predicted octanol–water partition coefficient (Wildman–Crippen LogP) is 4.46. The number of benzene rings is 2. The van der Waals surface area contributed by atoms with E-state index in [9.17, 15) is 4.39 Å². The maximum absolute atomic E-state index is 13.0. The Kier molecular flexibility index (Phi) is 4.07. The summed E-state index contributed by atoms with van der Waals surface area (Å²) in [5.74, 6) is 0.510. The first-order chi connectivity index (χ1) is 8.15. The van der Waals surface area contributed by atoms with E-state index in [2.05, 4.69) is 15.9 Å². The fourth-order valence-corrected chi connectivity index (χ4v) is 2.71. The lowest BCUT2D eigenvalue weighted by Gasteiger charge is -2.06. The first-order valence-corrected chi connectivity index (χ1v) is 6.85. The Morgan fingerprint density at radius 2 is 2.00 bits per heavy atom. The molecule has 2 N–H and O–H groups in total. The van der Waals surface area contributed by atoms with Gasteiger partial charge in [0.25, 0.3) is 0 Å². The number of rotatable bonds is 3. The summed E-state index contributed by atoms with van der Waals surface area (Å²) >= 11 is 4.97. The maximum atomic E-state index is 13.0. The van der Waals surface area contributed by atoms with Crippen molar-refractivity contribution in [1.29, 1.82) is 0 Å². The largest absolute Gasteiger partial charge is 0.398 e. The monoisotopic (exact) mass is 311 g/mol. The molecule has 2 aromatic rings. The van der Waals surface area contributed by atoms with Crippen LogP contribution in [-0.2, 0) is 5.75 Å². The van der Waals surface area contributed by atoms with Gasteiger partial charge in [0.15, 0.2) is 0 Å². The molecule has 1 nitrogen and oxygen atoms in total. The zero-order valence-corrected chi connectivity index (χ0v) is 11.4. The van der Waals surface area contributed by atoms with E-state index in [1.54, 1.807) is 23.9 Å². The minimum absolute atomic E-state index is 0.202. The third-order valence-corrected chi connectivity index (χ3v) is 3.91. The highest BCUT2D eigenvalue weighted by molar-refractivity contribution is 9.10. The third kappa shape index (κ3) is 3.48. The number of nitrogens with two attached hydrogens (primary N) is 1. The molecule has 17 heavy (non-hydrogen) atoms. The van der Waals surface area contributed by atoms with Crippen molar-refractivity contribution in [1.82, 2.24) is 0 Å². The van der Waals surface area contributed by atoms with Crippen LogP contribution < -0.4 is 5.73 Å². The molecule has 0 fully saturated rings. The van der Waals surface area contributed by atoms with Gasteiger partial charge in [0.05, 0.1) is 0 Å². The molecule has 0 bridgehead atoms. The van der Waals surface area contributed by atoms with E-state index >= 15 is 0 Å². The Morgan fingerprint density at radius 1 is 1.18 bits per heavy atom. The van der Waals surface area contributed by atoms with Crippen molar-refractivity contribution in [3.05, 3.63) is 58.3 Å². The van der Waals surface area contributed by atoms with Gasteiger partial charge < -0.3 is 5.73 Å². The van der Waals surface area contributed by atoms with Crippen molar-refractivity contribution in [2.45, 2.75) is 10.6 Å². The van der Waals surface area contributed by atoms with Gasteiger partial charge in [-0.15, -0.1) is 11.8 Å². The summed E-state index contributed by atoms with van der Waals surface area (Å²) in [5.41, 5.74) is 7.58. The van der Waals surface area contributed by atoms with E-state index in [0.717, 1.165) is 20.6 Å². The summed E-state index contributed by atoms with van der Waals surface area (Å²) in [6.07, 6.45) is 0. The Bertz CT molecular complexity index is 531. The highest BCUT2D eigenvalue weighted by atomic mass is 79.9. The Hall–Kier alpha value is -1.00. The molecule has 0 unspecified atom stereocenters. The summed E-state index contributed by atoms with van der Waals surface area (Å²) in [6.45, 7) is 0. The molecule has 0 spiro atoms. The topological polar surface area (TPSA) is 26.0 Å². The van der Waals surface area contributed by atoms with E-state index in [1.807, 2.05) is 24.3 Å². The van der Waals surface area contributed by atoms with Crippen LogP contribution in [0.2, 0.25) is 0 Å². The molecule has 2 rings (SSSR count). The number of hydrogen-bond acceptors (Lipinski definition) is 2. The average molecular weight is 312 g/mol. The van der Waals surface area contributed by atoms with E-state index in [4.69, 9.17) is 5.73 Å². The number of halogens is 2. The van der Waals surface area contributed by atoms with Crippen LogP contribution in [-0.4, -0.2) is 0 Å². The van der Waals surface area contributed by atoms with Gasteiger partial charge in [-0.2, -0.15) is 0 Å². The molecule has 0 atom stereocenters. The van der Waals surface area contributed by atoms with E-state index < -0.39 is 0 Å². The Balaban J connectivity index is 2.07. The molecule has 0 aliphatic rings. The van der Waals surface area contributed by atoms with Crippen LogP contribution in [0.5, 0.6) is 0 Å². The Labute approximate surface area is 112 Å². The Morgan fingerprint density at radius 3 is 2.71 bits per heavy atom. The van der Waals surface area contributed by atoms with Crippen molar-refractivity contribution >= 4 is 33.4 Å².